The second kappa shape index (κ2) is 14.5. The zero-order valence-electron chi connectivity index (χ0n) is 25.5. The highest BCUT2D eigenvalue weighted by Gasteiger charge is 2.40. The average Bonchev–Trinajstić information content (AvgIpc) is 3.61. The normalized spacial score (nSPS) is 19.8. The van der Waals surface area contributed by atoms with E-state index < -0.39 is 11.9 Å². The van der Waals surface area contributed by atoms with Crippen molar-refractivity contribution in [2.75, 3.05) is 50.9 Å². The maximum Gasteiger partial charge on any atom is 0.255 e. The van der Waals surface area contributed by atoms with Crippen molar-refractivity contribution in [3.05, 3.63) is 53.1 Å². The summed E-state index contributed by atoms with van der Waals surface area (Å²) in [5.41, 5.74) is 8.59. The molecule has 0 saturated carbocycles. The number of fused-ring (bicyclic) bond motifs is 1. The number of nitrogens with two attached hydrogens (primary N) is 1. The number of benzene rings is 2. The molecule has 0 spiro atoms. The molecule has 2 aromatic rings. The fraction of sp³-hybridized carbons (Fsp3) is 0.469. The molecule has 13 heteroatoms. The van der Waals surface area contributed by atoms with Crippen LogP contribution in [0.5, 0.6) is 5.75 Å². The number of ether oxygens (including phenoxy) is 1. The minimum Gasteiger partial charge on any atom is -0.495 e. The van der Waals surface area contributed by atoms with Crippen LogP contribution in [0.15, 0.2) is 36.4 Å². The predicted molar refractivity (Wildman–Crippen MR) is 168 cm³/mol. The number of amides is 5. The van der Waals surface area contributed by atoms with E-state index in [9.17, 15) is 24.0 Å². The molecular weight excluding hydrogens is 578 g/mol. The van der Waals surface area contributed by atoms with Crippen molar-refractivity contribution in [2.24, 2.45) is 0 Å². The minimum atomic E-state index is -0.697. The first-order chi connectivity index (χ1) is 21.7. The summed E-state index contributed by atoms with van der Waals surface area (Å²) >= 11 is 0. The van der Waals surface area contributed by atoms with Gasteiger partial charge in [-0.2, -0.15) is 0 Å². The number of nitrogens with one attached hydrogen (secondary N) is 4. The Bertz CT molecular complexity index is 1460. The number of methoxy groups -OCH3 is 1. The zero-order chi connectivity index (χ0) is 31.9. The summed E-state index contributed by atoms with van der Waals surface area (Å²) in [7, 11) is 1.52. The van der Waals surface area contributed by atoms with Crippen molar-refractivity contribution in [2.45, 2.75) is 57.2 Å². The number of imide groups is 1. The van der Waals surface area contributed by atoms with Gasteiger partial charge in [0, 0.05) is 74.0 Å². The van der Waals surface area contributed by atoms with E-state index in [1.54, 1.807) is 36.4 Å². The molecule has 240 valence electrons. The molecule has 5 amide bonds. The van der Waals surface area contributed by atoms with Crippen LogP contribution in [0.3, 0.4) is 0 Å². The smallest absolute Gasteiger partial charge is 0.255 e. The van der Waals surface area contributed by atoms with Gasteiger partial charge in [-0.15, -0.1) is 0 Å². The van der Waals surface area contributed by atoms with Crippen LogP contribution in [-0.4, -0.2) is 91.3 Å². The number of piperidine rings is 1. The second-order valence-corrected chi connectivity index (χ2v) is 11.7. The zero-order valence-corrected chi connectivity index (χ0v) is 25.5. The largest absolute Gasteiger partial charge is 0.495 e. The van der Waals surface area contributed by atoms with Crippen LogP contribution in [0.2, 0.25) is 0 Å². The summed E-state index contributed by atoms with van der Waals surface area (Å²) < 4.78 is 5.21. The van der Waals surface area contributed by atoms with E-state index in [2.05, 4.69) is 26.2 Å². The van der Waals surface area contributed by atoms with Crippen LogP contribution >= 0.6 is 0 Å². The van der Waals surface area contributed by atoms with Crippen molar-refractivity contribution < 1.29 is 28.7 Å². The third-order valence-corrected chi connectivity index (χ3v) is 8.57. The summed E-state index contributed by atoms with van der Waals surface area (Å²) in [5.74, 6) is -0.838. The first kappa shape index (κ1) is 31.9. The van der Waals surface area contributed by atoms with Gasteiger partial charge in [-0.25, -0.2) is 0 Å². The van der Waals surface area contributed by atoms with Gasteiger partial charge in [-0.05, 0) is 62.6 Å². The Morgan fingerprint density at radius 2 is 1.93 bits per heavy atom. The standard InChI is InChI=1S/C32H41N7O6/c1-45-27-17-20(8-9-24(27)33)30(42)35-21-12-15-38(18-21)16-14-34-13-3-2-7-28(40)36-25-6-4-5-22-23(25)19-39(32(22)44)26-10-11-29(41)37-31(26)43/h4-6,8-9,17,21,26,34H,2-3,7,10-16,18-19,33H2,1H3,(H,35,42)(H,36,40)(H,37,41,43). The maximum absolute atomic E-state index is 13.0. The third kappa shape index (κ3) is 7.78. The minimum absolute atomic E-state index is 0.0871. The molecule has 2 unspecified atom stereocenters. The summed E-state index contributed by atoms with van der Waals surface area (Å²) in [6.45, 7) is 4.39. The van der Waals surface area contributed by atoms with Crippen molar-refractivity contribution in [1.29, 1.82) is 0 Å². The van der Waals surface area contributed by atoms with Crippen LogP contribution in [0, 0.1) is 0 Å². The van der Waals surface area contributed by atoms with Crippen LogP contribution in [0.4, 0.5) is 11.4 Å². The summed E-state index contributed by atoms with van der Waals surface area (Å²) in [6, 6.07) is 9.59. The van der Waals surface area contributed by atoms with Crippen molar-refractivity contribution in [3.63, 3.8) is 0 Å². The van der Waals surface area contributed by atoms with Gasteiger partial charge in [0.2, 0.25) is 17.7 Å². The molecule has 13 nitrogen and oxygen atoms in total. The van der Waals surface area contributed by atoms with Crippen LogP contribution in [0.1, 0.15) is 64.8 Å². The lowest BCUT2D eigenvalue weighted by atomic mass is 10.0. The van der Waals surface area contributed by atoms with E-state index in [0.717, 1.165) is 45.6 Å². The number of rotatable bonds is 13. The molecule has 2 fully saturated rings. The summed E-state index contributed by atoms with van der Waals surface area (Å²) in [6.07, 6.45) is 3.27. The Morgan fingerprint density at radius 1 is 1.09 bits per heavy atom. The first-order valence-electron chi connectivity index (χ1n) is 15.5. The predicted octanol–water partition coefficient (Wildman–Crippen LogP) is 1.24. The number of anilines is 2. The molecule has 6 N–H and O–H groups in total. The Morgan fingerprint density at radius 3 is 2.73 bits per heavy atom. The van der Waals surface area contributed by atoms with E-state index in [1.165, 1.54) is 12.0 Å². The quantitative estimate of drug-likeness (QED) is 0.126. The highest BCUT2D eigenvalue weighted by molar-refractivity contribution is 6.06. The molecule has 3 aliphatic heterocycles. The second-order valence-electron chi connectivity index (χ2n) is 11.7. The van der Waals surface area contributed by atoms with E-state index in [0.29, 0.717) is 53.1 Å². The lowest BCUT2D eigenvalue weighted by Crippen LogP contribution is -2.52. The fourth-order valence-electron chi connectivity index (χ4n) is 6.09. The lowest BCUT2D eigenvalue weighted by Gasteiger charge is -2.29. The number of hydrogen-bond acceptors (Lipinski definition) is 9. The van der Waals surface area contributed by atoms with Gasteiger partial charge in [0.1, 0.15) is 11.8 Å². The topological polar surface area (TPSA) is 175 Å². The number of nitrogen functional groups attached to an aromatic ring is 1. The maximum atomic E-state index is 13.0. The SMILES string of the molecule is COc1cc(C(=O)NC2CCN(CCNCCCCC(=O)Nc3cccc4c3CN(C3CCC(=O)NC3=O)C4=O)C2)ccc1N. The molecule has 0 bridgehead atoms. The number of likely N-dealkylation sites (tertiary alicyclic amines) is 1. The summed E-state index contributed by atoms with van der Waals surface area (Å²) in [5, 5.41) is 11.8. The Balaban J connectivity index is 0.964. The number of carbonyl (C=O) groups excluding carboxylic acids is 5. The molecule has 0 aliphatic carbocycles. The van der Waals surface area contributed by atoms with Crippen molar-refractivity contribution in [3.8, 4) is 5.75 Å². The molecule has 2 atom stereocenters. The van der Waals surface area contributed by atoms with E-state index in [-0.39, 0.29) is 42.6 Å². The van der Waals surface area contributed by atoms with Crippen LogP contribution in [0.25, 0.3) is 0 Å². The van der Waals surface area contributed by atoms with E-state index >= 15 is 0 Å². The van der Waals surface area contributed by atoms with Gasteiger partial charge in [0.05, 0.1) is 12.8 Å². The molecule has 0 aromatic heterocycles. The molecule has 2 aromatic carbocycles. The Hall–Kier alpha value is -4.49. The molecular formula is C32H41N7O6. The van der Waals surface area contributed by atoms with Crippen LogP contribution < -0.4 is 31.7 Å². The van der Waals surface area contributed by atoms with E-state index in [1.807, 2.05) is 0 Å². The molecule has 45 heavy (non-hydrogen) atoms. The first-order valence-corrected chi connectivity index (χ1v) is 15.5. The monoisotopic (exact) mass is 619 g/mol. The molecule has 3 heterocycles. The molecule has 0 radical (unpaired) electrons. The van der Waals surface area contributed by atoms with Gasteiger partial charge in [-0.1, -0.05) is 6.07 Å². The van der Waals surface area contributed by atoms with Crippen molar-refractivity contribution >= 4 is 40.9 Å². The van der Waals surface area contributed by atoms with E-state index in [4.69, 9.17) is 10.5 Å². The van der Waals surface area contributed by atoms with Gasteiger partial charge in [0.15, 0.2) is 0 Å². The average molecular weight is 620 g/mol. The Kier molecular flexibility index (Phi) is 10.3. The van der Waals surface area contributed by atoms with Gasteiger partial charge in [0.25, 0.3) is 11.8 Å². The molecule has 3 aliphatic rings. The lowest BCUT2D eigenvalue weighted by molar-refractivity contribution is -0.137. The van der Waals surface area contributed by atoms with Gasteiger partial charge in [-0.3, -0.25) is 34.2 Å². The number of unbranched alkanes of at least 4 members (excludes halogenated alkanes) is 1. The third-order valence-electron chi connectivity index (χ3n) is 8.57. The molecule has 5 rings (SSSR count). The highest BCUT2D eigenvalue weighted by atomic mass is 16.5. The van der Waals surface area contributed by atoms with Crippen LogP contribution in [-0.2, 0) is 20.9 Å². The number of hydrogen-bond donors (Lipinski definition) is 5. The van der Waals surface area contributed by atoms with Gasteiger partial charge >= 0.3 is 0 Å². The van der Waals surface area contributed by atoms with Gasteiger partial charge < -0.3 is 31.3 Å². The Labute approximate surface area is 262 Å². The fourth-order valence-corrected chi connectivity index (χ4v) is 6.09. The number of carbonyl (C=O) groups is 5. The number of nitrogens with zero attached hydrogens (tertiary/aromatic N) is 2. The molecule has 2 saturated heterocycles. The summed E-state index contributed by atoms with van der Waals surface area (Å²) in [4.78, 5) is 66.0. The highest BCUT2D eigenvalue weighted by Crippen LogP contribution is 2.32. The van der Waals surface area contributed by atoms with Crippen molar-refractivity contribution in [1.82, 2.24) is 25.8 Å².